The van der Waals surface area contributed by atoms with Gasteiger partial charge in [-0.05, 0) is 82.1 Å². The maximum absolute atomic E-state index is 5.97. The Labute approximate surface area is 121 Å². The van der Waals surface area contributed by atoms with E-state index in [0.29, 0.717) is 5.54 Å². The highest BCUT2D eigenvalue weighted by Crippen LogP contribution is 2.58. The van der Waals surface area contributed by atoms with Gasteiger partial charge in [0.2, 0.25) is 0 Å². The van der Waals surface area contributed by atoms with Gasteiger partial charge in [0.05, 0.1) is 11.2 Å². The zero-order valence-corrected chi connectivity index (χ0v) is 12.8. The Morgan fingerprint density at radius 1 is 1.25 bits per heavy atom. The zero-order chi connectivity index (χ0) is 13.9. The summed E-state index contributed by atoms with van der Waals surface area (Å²) in [6.45, 7) is 4.23. The average Bonchev–Trinajstić information content (AvgIpc) is 2.69. The van der Waals surface area contributed by atoms with Gasteiger partial charge in [0, 0.05) is 12.2 Å². The van der Waals surface area contributed by atoms with E-state index >= 15 is 0 Å². The van der Waals surface area contributed by atoms with Crippen LogP contribution in [0.3, 0.4) is 0 Å². The van der Waals surface area contributed by atoms with Gasteiger partial charge in [-0.2, -0.15) is 5.10 Å². The summed E-state index contributed by atoms with van der Waals surface area (Å²) < 4.78 is 2.37. The summed E-state index contributed by atoms with van der Waals surface area (Å²) in [5.74, 6) is 2.92. The predicted molar refractivity (Wildman–Crippen MR) is 80.5 cm³/mol. The molecule has 4 aliphatic rings. The molecule has 0 aromatic carbocycles. The van der Waals surface area contributed by atoms with E-state index in [4.69, 9.17) is 10.8 Å². The third-order valence-electron chi connectivity index (χ3n) is 6.03. The van der Waals surface area contributed by atoms with Crippen LogP contribution in [0.2, 0.25) is 0 Å². The largest absolute Gasteiger partial charge is 0.328 e. The monoisotopic (exact) mass is 273 g/mol. The second-order valence-electron chi connectivity index (χ2n) is 8.01. The molecular weight excluding hydrogens is 246 g/mol. The zero-order valence-electron chi connectivity index (χ0n) is 12.8. The third-order valence-corrected chi connectivity index (χ3v) is 6.03. The van der Waals surface area contributed by atoms with E-state index < -0.39 is 0 Å². The van der Waals surface area contributed by atoms with E-state index in [1.807, 2.05) is 0 Å². The number of nitrogens with zero attached hydrogens (tertiary/aromatic N) is 2. The van der Waals surface area contributed by atoms with E-state index in [1.54, 1.807) is 0 Å². The van der Waals surface area contributed by atoms with Crippen molar-refractivity contribution >= 4 is 0 Å². The molecule has 3 nitrogen and oxygen atoms in total. The van der Waals surface area contributed by atoms with Gasteiger partial charge in [0.1, 0.15) is 0 Å². The molecule has 1 aromatic heterocycles. The van der Waals surface area contributed by atoms with Crippen molar-refractivity contribution < 1.29 is 0 Å². The molecule has 3 heteroatoms. The fourth-order valence-corrected chi connectivity index (χ4v) is 5.63. The Kier molecular flexibility index (Phi) is 2.79. The van der Waals surface area contributed by atoms with Crippen LogP contribution < -0.4 is 5.73 Å². The lowest BCUT2D eigenvalue weighted by Gasteiger charge is -2.56. The number of hydrogen-bond acceptors (Lipinski definition) is 2. The van der Waals surface area contributed by atoms with Crippen LogP contribution in [0.25, 0.3) is 0 Å². The molecule has 0 amide bonds. The summed E-state index contributed by atoms with van der Waals surface area (Å²) >= 11 is 0. The third kappa shape index (κ3) is 1.93. The Morgan fingerprint density at radius 3 is 2.30 bits per heavy atom. The molecule has 5 rings (SSSR count). The quantitative estimate of drug-likeness (QED) is 0.920. The van der Waals surface area contributed by atoms with Crippen LogP contribution in [0.1, 0.15) is 56.7 Å². The fourth-order valence-electron chi connectivity index (χ4n) is 5.63. The first-order valence-electron chi connectivity index (χ1n) is 8.35. The van der Waals surface area contributed by atoms with Crippen molar-refractivity contribution in [1.29, 1.82) is 0 Å². The lowest BCUT2D eigenvalue weighted by Crippen LogP contribution is -2.52. The minimum Gasteiger partial charge on any atom is -0.328 e. The molecule has 20 heavy (non-hydrogen) atoms. The molecule has 1 heterocycles. The predicted octanol–water partition coefficient (Wildman–Crippen LogP) is 3.01. The number of aromatic nitrogens is 2. The van der Waals surface area contributed by atoms with Crippen LogP contribution in [0.4, 0.5) is 0 Å². The van der Waals surface area contributed by atoms with Gasteiger partial charge in [0.25, 0.3) is 0 Å². The van der Waals surface area contributed by atoms with Crippen molar-refractivity contribution in [2.24, 2.45) is 23.5 Å². The normalized spacial score (nSPS) is 40.2. The highest BCUT2D eigenvalue weighted by Gasteiger charge is 2.52. The fraction of sp³-hybridized carbons (Fsp3) is 0.824. The van der Waals surface area contributed by atoms with E-state index in [2.05, 4.69) is 24.7 Å². The summed E-state index contributed by atoms with van der Waals surface area (Å²) in [5.41, 5.74) is 8.88. The first-order valence-corrected chi connectivity index (χ1v) is 8.35. The molecule has 0 radical (unpaired) electrons. The van der Waals surface area contributed by atoms with E-state index in [9.17, 15) is 0 Å². The standard InChI is InChI=1S/C17H27N3/c1-11(18)3-16-10-20(19-12(16)2)17-7-13-4-14(8-17)6-15(5-13)9-17/h10-11,13-15H,3-9,18H2,1-2H3. The molecule has 4 aliphatic carbocycles. The highest BCUT2D eigenvalue weighted by atomic mass is 15.3. The van der Waals surface area contributed by atoms with Gasteiger partial charge < -0.3 is 5.73 Å². The van der Waals surface area contributed by atoms with Crippen molar-refractivity contribution in [2.45, 2.75) is 70.4 Å². The Bertz CT molecular complexity index is 479. The summed E-state index contributed by atoms with van der Waals surface area (Å²) in [4.78, 5) is 0. The minimum atomic E-state index is 0.225. The van der Waals surface area contributed by atoms with Crippen LogP contribution in [0.5, 0.6) is 0 Å². The summed E-state index contributed by atoms with van der Waals surface area (Å²) in [7, 11) is 0. The van der Waals surface area contributed by atoms with Crippen molar-refractivity contribution in [3.63, 3.8) is 0 Å². The van der Waals surface area contributed by atoms with Crippen molar-refractivity contribution in [3.8, 4) is 0 Å². The number of aryl methyl sites for hydroxylation is 1. The van der Waals surface area contributed by atoms with Crippen LogP contribution in [0.15, 0.2) is 6.20 Å². The smallest absolute Gasteiger partial charge is 0.0635 e. The molecule has 1 unspecified atom stereocenters. The summed E-state index contributed by atoms with van der Waals surface area (Å²) in [6.07, 6.45) is 11.9. The Morgan fingerprint density at radius 2 is 1.80 bits per heavy atom. The van der Waals surface area contributed by atoms with Gasteiger partial charge in [-0.25, -0.2) is 0 Å². The minimum absolute atomic E-state index is 0.225. The van der Waals surface area contributed by atoms with Gasteiger partial charge in [-0.3, -0.25) is 4.68 Å². The van der Waals surface area contributed by atoms with Crippen molar-refractivity contribution in [3.05, 3.63) is 17.5 Å². The molecule has 4 saturated carbocycles. The first kappa shape index (κ1) is 12.9. The van der Waals surface area contributed by atoms with Gasteiger partial charge in [-0.1, -0.05) is 0 Å². The van der Waals surface area contributed by atoms with E-state index in [-0.39, 0.29) is 6.04 Å². The molecule has 4 bridgehead atoms. The Balaban J connectivity index is 1.67. The van der Waals surface area contributed by atoms with Crippen LogP contribution in [-0.2, 0) is 12.0 Å². The molecule has 2 N–H and O–H groups in total. The second kappa shape index (κ2) is 4.33. The van der Waals surface area contributed by atoms with Crippen LogP contribution in [-0.4, -0.2) is 15.8 Å². The summed E-state index contributed by atoms with van der Waals surface area (Å²) in [5, 5.41) is 4.91. The highest BCUT2D eigenvalue weighted by molar-refractivity contribution is 5.19. The molecule has 0 saturated heterocycles. The van der Waals surface area contributed by atoms with E-state index in [0.717, 1.165) is 24.2 Å². The van der Waals surface area contributed by atoms with Crippen LogP contribution in [0, 0.1) is 24.7 Å². The molecular formula is C17H27N3. The SMILES string of the molecule is Cc1nn(C23CC4CC(CC(C4)C2)C3)cc1CC(C)N. The lowest BCUT2D eigenvalue weighted by molar-refractivity contribution is -0.0495. The number of rotatable bonds is 3. The van der Waals surface area contributed by atoms with Gasteiger partial charge in [0.15, 0.2) is 0 Å². The molecule has 4 fully saturated rings. The topological polar surface area (TPSA) is 43.8 Å². The number of hydrogen-bond donors (Lipinski definition) is 1. The van der Waals surface area contributed by atoms with Gasteiger partial charge in [-0.15, -0.1) is 0 Å². The maximum Gasteiger partial charge on any atom is 0.0635 e. The second-order valence-corrected chi connectivity index (χ2v) is 8.01. The van der Waals surface area contributed by atoms with E-state index in [1.165, 1.54) is 49.8 Å². The molecule has 0 spiro atoms. The Hall–Kier alpha value is -0.830. The molecule has 0 aliphatic heterocycles. The average molecular weight is 273 g/mol. The maximum atomic E-state index is 5.97. The molecule has 110 valence electrons. The summed E-state index contributed by atoms with van der Waals surface area (Å²) in [6, 6.07) is 0.225. The first-order chi connectivity index (χ1) is 9.54. The van der Waals surface area contributed by atoms with Crippen LogP contribution >= 0.6 is 0 Å². The van der Waals surface area contributed by atoms with Gasteiger partial charge >= 0.3 is 0 Å². The molecule has 1 atom stereocenters. The lowest BCUT2D eigenvalue weighted by atomic mass is 9.53. The van der Waals surface area contributed by atoms with Crippen molar-refractivity contribution in [1.82, 2.24) is 9.78 Å². The van der Waals surface area contributed by atoms with Crippen molar-refractivity contribution in [2.75, 3.05) is 0 Å². The molecule has 1 aromatic rings. The number of nitrogens with two attached hydrogens (primary N) is 1.